The number of hydrogen-bond donors (Lipinski definition) is 1. The van der Waals surface area contributed by atoms with Crippen molar-refractivity contribution in [2.75, 3.05) is 12.3 Å². The van der Waals surface area contributed by atoms with Crippen LogP contribution in [0.3, 0.4) is 0 Å². The van der Waals surface area contributed by atoms with Crippen molar-refractivity contribution in [3.05, 3.63) is 65.7 Å². The molecule has 2 heterocycles. The predicted octanol–water partition coefficient (Wildman–Crippen LogP) is 4.66. The van der Waals surface area contributed by atoms with Crippen molar-refractivity contribution in [1.82, 2.24) is 15.1 Å². The first-order valence-electron chi connectivity index (χ1n) is 13.9. The molecule has 1 aliphatic carbocycles. The van der Waals surface area contributed by atoms with Crippen LogP contribution in [0.5, 0.6) is 0 Å². The molecule has 0 aromatic heterocycles. The monoisotopic (exact) mass is 545 g/mol. The summed E-state index contributed by atoms with van der Waals surface area (Å²) >= 11 is 1.26. The number of carbonyl (C=O) groups is 3. The maximum atomic E-state index is 13.5. The van der Waals surface area contributed by atoms with Gasteiger partial charge in [0.1, 0.15) is 11.9 Å². The third-order valence-electron chi connectivity index (χ3n) is 7.44. The SMILES string of the molecule is CCN(Cc1ccccc1)C(=O)CSC1=Nc2ccccc2C2=N[C@@H](CCC(=O)NC3CCCCC3)C(=O)N12. The summed E-state index contributed by atoms with van der Waals surface area (Å²) in [6, 6.07) is 17.1. The third kappa shape index (κ3) is 6.41. The molecule has 0 radical (unpaired) electrons. The van der Waals surface area contributed by atoms with E-state index in [1.807, 2.05) is 61.5 Å². The normalized spacial score (nSPS) is 18.6. The zero-order valence-electron chi connectivity index (χ0n) is 22.3. The fourth-order valence-corrected chi connectivity index (χ4v) is 6.20. The minimum atomic E-state index is -0.644. The van der Waals surface area contributed by atoms with Crippen molar-refractivity contribution >= 4 is 46.2 Å². The lowest BCUT2D eigenvalue weighted by Crippen LogP contribution is -2.42. The van der Waals surface area contributed by atoms with E-state index in [1.54, 1.807) is 4.90 Å². The fourth-order valence-electron chi connectivity index (χ4n) is 5.30. The van der Waals surface area contributed by atoms with E-state index in [4.69, 9.17) is 9.98 Å². The van der Waals surface area contributed by atoms with Crippen LogP contribution in [0.2, 0.25) is 0 Å². The molecule has 3 amide bonds. The second kappa shape index (κ2) is 12.6. The van der Waals surface area contributed by atoms with Crippen LogP contribution in [0.25, 0.3) is 0 Å². The molecule has 1 N–H and O–H groups in total. The Hall–Kier alpha value is -3.46. The predicted molar refractivity (Wildman–Crippen MR) is 155 cm³/mol. The minimum Gasteiger partial charge on any atom is -0.353 e. The molecule has 9 heteroatoms. The lowest BCUT2D eigenvalue weighted by atomic mass is 9.95. The number of nitrogens with one attached hydrogen (secondary N) is 1. The van der Waals surface area contributed by atoms with Crippen molar-refractivity contribution < 1.29 is 14.4 Å². The van der Waals surface area contributed by atoms with E-state index in [9.17, 15) is 14.4 Å². The maximum Gasteiger partial charge on any atom is 0.259 e. The number of nitrogens with zero attached hydrogens (tertiary/aromatic N) is 4. The Morgan fingerprint density at radius 3 is 2.56 bits per heavy atom. The van der Waals surface area contributed by atoms with Crippen LogP contribution in [0, 0.1) is 0 Å². The number of amidine groups is 2. The van der Waals surface area contributed by atoms with Gasteiger partial charge in [-0.15, -0.1) is 0 Å². The Balaban J connectivity index is 1.25. The van der Waals surface area contributed by atoms with E-state index in [0.717, 1.165) is 42.5 Å². The number of amides is 3. The highest BCUT2D eigenvalue weighted by Crippen LogP contribution is 2.34. The van der Waals surface area contributed by atoms with E-state index in [0.29, 0.717) is 30.5 Å². The summed E-state index contributed by atoms with van der Waals surface area (Å²) in [5, 5.41) is 3.58. The standard InChI is InChI=1S/C30H35N5O3S/c1-2-34(19-21-11-5-3-6-12-21)27(37)20-39-30-33-24-16-10-9-15-23(24)28-32-25(29(38)35(28)30)17-18-26(36)31-22-13-7-4-8-14-22/h3,5-6,9-12,15-16,22,25H,2,4,7-8,13-14,17-20H2,1H3,(H,31,36)/t25-/m0/s1. The molecule has 39 heavy (non-hydrogen) atoms. The summed E-state index contributed by atoms with van der Waals surface area (Å²) in [4.78, 5) is 52.1. The molecule has 1 atom stereocenters. The molecule has 0 saturated heterocycles. The Morgan fingerprint density at radius 2 is 1.79 bits per heavy atom. The molecule has 1 fully saturated rings. The summed E-state index contributed by atoms with van der Waals surface area (Å²) in [7, 11) is 0. The van der Waals surface area contributed by atoms with Gasteiger partial charge in [0.15, 0.2) is 5.17 Å². The lowest BCUT2D eigenvalue weighted by Gasteiger charge is -2.26. The van der Waals surface area contributed by atoms with Gasteiger partial charge in [-0.3, -0.25) is 19.4 Å². The average molecular weight is 546 g/mol. The summed E-state index contributed by atoms with van der Waals surface area (Å²) < 4.78 is 0. The van der Waals surface area contributed by atoms with E-state index in [1.165, 1.54) is 23.1 Å². The third-order valence-corrected chi connectivity index (χ3v) is 8.36. The van der Waals surface area contributed by atoms with Gasteiger partial charge in [-0.05, 0) is 43.9 Å². The summed E-state index contributed by atoms with van der Waals surface area (Å²) in [5.41, 5.74) is 2.58. The Morgan fingerprint density at radius 1 is 1.05 bits per heavy atom. The van der Waals surface area contributed by atoms with Crippen LogP contribution in [0.1, 0.15) is 63.0 Å². The molecule has 0 unspecified atom stereocenters. The second-order valence-corrected chi connectivity index (χ2v) is 11.1. The van der Waals surface area contributed by atoms with E-state index in [-0.39, 0.29) is 35.9 Å². The van der Waals surface area contributed by atoms with Crippen molar-refractivity contribution in [2.24, 2.45) is 9.98 Å². The van der Waals surface area contributed by atoms with E-state index < -0.39 is 6.04 Å². The molecular weight excluding hydrogens is 510 g/mol. The van der Waals surface area contributed by atoms with Gasteiger partial charge >= 0.3 is 0 Å². The number of hydrogen-bond acceptors (Lipinski definition) is 6. The maximum absolute atomic E-state index is 13.5. The largest absolute Gasteiger partial charge is 0.353 e. The first-order chi connectivity index (χ1) is 19.0. The molecule has 8 nitrogen and oxygen atoms in total. The van der Waals surface area contributed by atoms with Crippen LogP contribution in [-0.2, 0) is 20.9 Å². The zero-order chi connectivity index (χ0) is 27.2. The van der Waals surface area contributed by atoms with Crippen molar-refractivity contribution in [1.29, 1.82) is 0 Å². The quantitative estimate of drug-likeness (QED) is 0.496. The summed E-state index contributed by atoms with van der Waals surface area (Å²) in [6.45, 7) is 3.08. The Kier molecular flexibility index (Phi) is 8.76. The first-order valence-corrected chi connectivity index (χ1v) is 14.9. The van der Waals surface area contributed by atoms with Gasteiger partial charge in [-0.2, -0.15) is 0 Å². The smallest absolute Gasteiger partial charge is 0.259 e. The molecule has 2 aromatic rings. The number of para-hydroxylation sites is 1. The van der Waals surface area contributed by atoms with Crippen LogP contribution >= 0.6 is 11.8 Å². The van der Waals surface area contributed by atoms with E-state index >= 15 is 0 Å². The van der Waals surface area contributed by atoms with Crippen molar-refractivity contribution in [3.8, 4) is 0 Å². The van der Waals surface area contributed by atoms with Crippen molar-refractivity contribution in [3.63, 3.8) is 0 Å². The molecule has 3 aliphatic rings. The number of rotatable bonds is 9. The van der Waals surface area contributed by atoms with Gasteiger partial charge in [0.2, 0.25) is 11.8 Å². The van der Waals surface area contributed by atoms with Crippen LogP contribution < -0.4 is 5.32 Å². The first kappa shape index (κ1) is 27.1. The summed E-state index contributed by atoms with van der Waals surface area (Å²) in [5.74, 6) is 0.476. The topological polar surface area (TPSA) is 94.4 Å². The lowest BCUT2D eigenvalue weighted by molar-refractivity contribution is -0.129. The van der Waals surface area contributed by atoms with Gasteiger partial charge in [-0.1, -0.05) is 73.5 Å². The number of carbonyl (C=O) groups excluding carboxylic acids is 3. The number of thioether (sulfide) groups is 1. The van der Waals surface area contributed by atoms with Gasteiger partial charge < -0.3 is 10.2 Å². The van der Waals surface area contributed by atoms with Gasteiger partial charge in [0, 0.05) is 31.1 Å². The van der Waals surface area contributed by atoms with Crippen LogP contribution in [-0.4, -0.2) is 62.9 Å². The van der Waals surface area contributed by atoms with E-state index in [2.05, 4.69) is 5.32 Å². The molecular formula is C30H35N5O3S. The van der Waals surface area contributed by atoms with Gasteiger partial charge in [-0.25, -0.2) is 9.89 Å². The minimum absolute atomic E-state index is 0.0195. The second-order valence-electron chi connectivity index (χ2n) is 10.2. The van der Waals surface area contributed by atoms with Crippen LogP contribution in [0.15, 0.2) is 64.6 Å². The fraction of sp³-hybridized carbons (Fsp3) is 0.433. The highest BCUT2D eigenvalue weighted by atomic mass is 32.2. The molecule has 5 rings (SSSR count). The highest BCUT2D eigenvalue weighted by molar-refractivity contribution is 8.14. The number of benzene rings is 2. The summed E-state index contributed by atoms with van der Waals surface area (Å²) in [6.07, 6.45) is 6.18. The average Bonchev–Trinajstić information content (AvgIpc) is 3.31. The zero-order valence-corrected chi connectivity index (χ0v) is 23.2. The van der Waals surface area contributed by atoms with Crippen molar-refractivity contribution in [2.45, 2.75) is 70.5 Å². The molecule has 2 aromatic carbocycles. The molecule has 0 bridgehead atoms. The molecule has 0 spiro atoms. The Bertz CT molecular complexity index is 1270. The molecule has 2 aliphatic heterocycles. The van der Waals surface area contributed by atoms with Gasteiger partial charge in [0.05, 0.1) is 11.4 Å². The molecule has 204 valence electrons. The number of aliphatic imine (C=N–C) groups is 2. The molecule has 1 saturated carbocycles. The van der Waals surface area contributed by atoms with Crippen LogP contribution in [0.4, 0.5) is 5.69 Å². The van der Waals surface area contributed by atoms with Gasteiger partial charge in [0.25, 0.3) is 5.91 Å². The Labute approximate surface area is 234 Å². The number of fused-ring (bicyclic) bond motifs is 3. The highest BCUT2D eigenvalue weighted by Gasteiger charge is 2.41.